The molecule has 0 saturated carbocycles. The van der Waals surface area contributed by atoms with Crippen LogP contribution in [0.3, 0.4) is 0 Å². The van der Waals surface area contributed by atoms with Gasteiger partial charge in [0.2, 0.25) is 0 Å². The molecule has 0 saturated heterocycles. The fourth-order valence-corrected chi connectivity index (χ4v) is 1.89. The smallest absolute Gasteiger partial charge is 0.251 e. The van der Waals surface area contributed by atoms with Gasteiger partial charge >= 0.3 is 0 Å². The first-order chi connectivity index (χ1) is 7.16. The number of halogens is 1. The Morgan fingerprint density at radius 3 is 2.93 bits per heavy atom. The second-order valence-corrected chi connectivity index (χ2v) is 5.00. The Hall–Kier alpha value is -0.480. The molecule has 0 aliphatic rings. The maximum absolute atomic E-state index is 11.8. The second-order valence-electron chi connectivity index (χ2n) is 3.16. The van der Waals surface area contributed by atoms with Crippen molar-refractivity contribution in [2.45, 2.75) is 6.92 Å². The molecule has 0 aliphatic heterocycles. The lowest BCUT2D eigenvalue weighted by molar-refractivity contribution is 0.0955. The average molecular weight is 288 g/mol. The molecule has 0 atom stereocenters. The summed E-state index contributed by atoms with van der Waals surface area (Å²) in [6.07, 6.45) is 2.02. The molecule has 1 rings (SSSR count). The van der Waals surface area contributed by atoms with Crippen molar-refractivity contribution in [2.75, 3.05) is 18.6 Å². The predicted octanol–water partition coefficient (Wildman–Crippen LogP) is 2.85. The number of carbonyl (C=O) groups excluding carboxylic acids is 1. The number of hydrogen-bond donors (Lipinski definition) is 1. The first-order valence-corrected chi connectivity index (χ1v) is 6.87. The summed E-state index contributed by atoms with van der Waals surface area (Å²) < 4.78 is 0.972. The van der Waals surface area contributed by atoms with Gasteiger partial charge in [0.1, 0.15) is 0 Å². The first-order valence-electron chi connectivity index (χ1n) is 4.69. The van der Waals surface area contributed by atoms with Crippen molar-refractivity contribution in [3.05, 3.63) is 33.8 Å². The van der Waals surface area contributed by atoms with Crippen molar-refractivity contribution >= 4 is 33.6 Å². The van der Waals surface area contributed by atoms with E-state index in [4.69, 9.17) is 0 Å². The number of benzene rings is 1. The fourth-order valence-electron chi connectivity index (χ4n) is 1.22. The van der Waals surface area contributed by atoms with Gasteiger partial charge in [-0.2, -0.15) is 11.8 Å². The maximum Gasteiger partial charge on any atom is 0.251 e. The molecule has 1 amide bonds. The van der Waals surface area contributed by atoms with Crippen molar-refractivity contribution in [3.8, 4) is 0 Å². The molecule has 0 bridgehead atoms. The van der Waals surface area contributed by atoms with Crippen molar-refractivity contribution in [1.82, 2.24) is 5.32 Å². The van der Waals surface area contributed by atoms with Crippen LogP contribution in [0.5, 0.6) is 0 Å². The Morgan fingerprint density at radius 1 is 1.53 bits per heavy atom. The topological polar surface area (TPSA) is 29.1 Å². The van der Waals surface area contributed by atoms with Crippen LogP contribution in [-0.4, -0.2) is 24.5 Å². The van der Waals surface area contributed by atoms with Gasteiger partial charge in [-0.3, -0.25) is 4.79 Å². The van der Waals surface area contributed by atoms with Gasteiger partial charge < -0.3 is 5.32 Å². The number of rotatable bonds is 4. The lowest BCUT2D eigenvalue weighted by Gasteiger charge is -2.08. The third-order valence-corrected chi connectivity index (χ3v) is 3.58. The molecule has 82 valence electrons. The highest BCUT2D eigenvalue weighted by Gasteiger charge is 2.09. The quantitative estimate of drug-likeness (QED) is 0.863. The van der Waals surface area contributed by atoms with Gasteiger partial charge in [0.15, 0.2) is 0 Å². The summed E-state index contributed by atoms with van der Waals surface area (Å²) in [6, 6.07) is 5.66. The molecule has 2 nitrogen and oxygen atoms in total. The Kier molecular flexibility index (Phi) is 5.19. The Morgan fingerprint density at radius 2 is 2.27 bits per heavy atom. The van der Waals surface area contributed by atoms with Gasteiger partial charge in [0.25, 0.3) is 5.91 Å². The summed E-state index contributed by atoms with van der Waals surface area (Å²) in [5.41, 5.74) is 1.73. The first kappa shape index (κ1) is 12.6. The van der Waals surface area contributed by atoms with Crippen LogP contribution in [-0.2, 0) is 0 Å². The summed E-state index contributed by atoms with van der Waals surface area (Å²) in [4.78, 5) is 11.8. The third kappa shape index (κ3) is 3.54. The van der Waals surface area contributed by atoms with Gasteiger partial charge in [0.05, 0.1) is 0 Å². The largest absolute Gasteiger partial charge is 0.351 e. The van der Waals surface area contributed by atoms with E-state index in [-0.39, 0.29) is 5.91 Å². The van der Waals surface area contributed by atoms with E-state index in [2.05, 4.69) is 21.2 Å². The van der Waals surface area contributed by atoms with Crippen LogP contribution in [0.15, 0.2) is 22.7 Å². The molecule has 0 radical (unpaired) electrons. The zero-order valence-electron chi connectivity index (χ0n) is 8.84. The van der Waals surface area contributed by atoms with Gasteiger partial charge in [-0.15, -0.1) is 0 Å². The third-order valence-electron chi connectivity index (χ3n) is 2.10. The van der Waals surface area contributed by atoms with Crippen LogP contribution in [0, 0.1) is 6.92 Å². The van der Waals surface area contributed by atoms with Crippen LogP contribution in [0.1, 0.15) is 15.9 Å². The van der Waals surface area contributed by atoms with E-state index in [1.807, 2.05) is 31.4 Å². The Labute approximate surface area is 103 Å². The molecular formula is C11H14BrNOS. The summed E-state index contributed by atoms with van der Waals surface area (Å²) in [5.74, 6) is 0.946. The van der Waals surface area contributed by atoms with Crippen LogP contribution in [0.2, 0.25) is 0 Å². The minimum atomic E-state index is 0.00264. The molecule has 0 heterocycles. The van der Waals surface area contributed by atoms with Crippen LogP contribution < -0.4 is 5.32 Å². The monoisotopic (exact) mass is 287 g/mol. The Bertz CT molecular complexity index is 354. The van der Waals surface area contributed by atoms with E-state index in [9.17, 15) is 4.79 Å². The van der Waals surface area contributed by atoms with E-state index in [0.717, 1.165) is 21.4 Å². The lowest BCUT2D eigenvalue weighted by atomic mass is 10.1. The molecule has 0 aliphatic carbocycles. The van der Waals surface area contributed by atoms with Crippen molar-refractivity contribution in [3.63, 3.8) is 0 Å². The minimum Gasteiger partial charge on any atom is -0.351 e. The molecule has 0 aromatic heterocycles. The molecule has 0 unspecified atom stereocenters. The van der Waals surface area contributed by atoms with Crippen molar-refractivity contribution < 1.29 is 4.79 Å². The normalized spacial score (nSPS) is 10.1. The zero-order valence-corrected chi connectivity index (χ0v) is 11.2. The van der Waals surface area contributed by atoms with Gasteiger partial charge in [-0.1, -0.05) is 22.0 Å². The molecule has 0 spiro atoms. The van der Waals surface area contributed by atoms with E-state index < -0.39 is 0 Å². The summed E-state index contributed by atoms with van der Waals surface area (Å²) in [5, 5.41) is 2.89. The van der Waals surface area contributed by atoms with E-state index in [1.54, 1.807) is 11.8 Å². The van der Waals surface area contributed by atoms with Crippen LogP contribution >= 0.6 is 27.7 Å². The molecular weight excluding hydrogens is 274 g/mol. The summed E-state index contributed by atoms with van der Waals surface area (Å²) in [7, 11) is 0. The zero-order chi connectivity index (χ0) is 11.3. The minimum absolute atomic E-state index is 0.00264. The molecule has 1 aromatic carbocycles. The lowest BCUT2D eigenvalue weighted by Crippen LogP contribution is -2.26. The predicted molar refractivity (Wildman–Crippen MR) is 69.6 cm³/mol. The fraction of sp³-hybridized carbons (Fsp3) is 0.364. The van der Waals surface area contributed by atoms with Crippen molar-refractivity contribution in [2.24, 2.45) is 0 Å². The number of carbonyl (C=O) groups is 1. The van der Waals surface area contributed by atoms with E-state index in [0.29, 0.717) is 6.54 Å². The van der Waals surface area contributed by atoms with Gasteiger partial charge in [-0.25, -0.2) is 0 Å². The highest BCUT2D eigenvalue weighted by Crippen LogP contribution is 2.19. The SMILES string of the molecule is CSCCNC(=O)c1cccc(Br)c1C. The summed E-state index contributed by atoms with van der Waals surface area (Å²) in [6.45, 7) is 2.65. The summed E-state index contributed by atoms with van der Waals surface area (Å²) >= 11 is 5.13. The highest BCUT2D eigenvalue weighted by molar-refractivity contribution is 9.10. The van der Waals surface area contributed by atoms with Crippen LogP contribution in [0.4, 0.5) is 0 Å². The molecule has 15 heavy (non-hydrogen) atoms. The van der Waals surface area contributed by atoms with E-state index >= 15 is 0 Å². The number of nitrogens with one attached hydrogen (secondary N) is 1. The molecule has 1 aromatic rings. The molecule has 0 fully saturated rings. The number of amides is 1. The second kappa shape index (κ2) is 6.18. The van der Waals surface area contributed by atoms with Crippen molar-refractivity contribution in [1.29, 1.82) is 0 Å². The maximum atomic E-state index is 11.8. The molecule has 1 N–H and O–H groups in total. The highest BCUT2D eigenvalue weighted by atomic mass is 79.9. The average Bonchev–Trinajstić information content (AvgIpc) is 2.22. The molecule has 4 heteroatoms. The van der Waals surface area contributed by atoms with Gasteiger partial charge in [-0.05, 0) is 30.9 Å². The van der Waals surface area contributed by atoms with E-state index in [1.165, 1.54) is 0 Å². The Balaban J connectivity index is 2.69. The van der Waals surface area contributed by atoms with Gasteiger partial charge in [0, 0.05) is 22.3 Å². The van der Waals surface area contributed by atoms with Crippen LogP contribution in [0.25, 0.3) is 0 Å². The standard InChI is InChI=1S/C11H14BrNOS/c1-8-9(4-3-5-10(8)12)11(14)13-6-7-15-2/h3-5H,6-7H2,1-2H3,(H,13,14). The number of thioether (sulfide) groups is 1. The number of hydrogen-bond acceptors (Lipinski definition) is 2.